The standard InChI is InChI=1S/C24H17F3N6O5/c1-38-19-9-7-15(8-10-19)22-16(14-31(30-22)18-5-3-2-4-6-18)13-28-29-23-20(32(34)35)11-17(24(25,26)27)12-21(23)33(36)37/h2-14,29H,1H3/b28-13+. The van der Waals surface area contributed by atoms with Crippen LogP contribution in [0.4, 0.5) is 30.2 Å². The maximum absolute atomic E-state index is 13.2. The number of hydrogen-bond donors (Lipinski definition) is 1. The first kappa shape index (κ1) is 25.8. The average Bonchev–Trinajstić information content (AvgIpc) is 3.32. The normalized spacial score (nSPS) is 11.5. The number of halogens is 3. The van der Waals surface area contributed by atoms with Crippen LogP contribution in [0.2, 0.25) is 0 Å². The van der Waals surface area contributed by atoms with E-state index in [9.17, 15) is 33.4 Å². The van der Waals surface area contributed by atoms with Crippen molar-refractivity contribution in [1.82, 2.24) is 9.78 Å². The molecule has 0 atom stereocenters. The van der Waals surface area contributed by atoms with E-state index in [1.807, 2.05) is 18.2 Å². The summed E-state index contributed by atoms with van der Waals surface area (Å²) in [6.45, 7) is 0. The Labute approximate surface area is 212 Å². The second-order valence-electron chi connectivity index (χ2n) is 7.71. The largest absolute Gasteiger partial charge is 0.497 e. The van der Waals surface area contributed by atoms with Crippen LogP contribution >= 0.6 is 0 Å². The number of para-hydroxylation sites is 1. The first-order valence-electron chi connectivity index (χ1n) is 10.7. The van der Waals surface area contributed by atoms with Gasteiger partial charge >= 0.3 is 17.6 Å². The van der Waals surface area contributed by atoms with Crippen LogP contribution in [-0.4, -0.2) is 33.0 Å². The maximum Gasteiger partial charge on any atom is 0.416 e. The van der Waals surface area contributed by atoms with E-state index in [2.05, 4.69) is 15.6 Å². The maximum atomic E-state index is 13.2. The molecule has 0 fully saturated rings. The summed E-state index contributed by atoms with van der Waals surface area (Å²) in [5.74, 6) is 0.607. The van der Waals surface area contributed by atoms with Gasteiger partial charge in [-0.2, -0.15) is 23.4 Å². The lowest BCUT2D eigenvalue weighted by Crippen LogP contribution is -2.09. The molecule has 1 heterocycles. The third-order valence-corrected chi connectivity index (χ3v) is 5.32. The molecule has 0 bridgehead atoms. The number of ether oxygens (including phenoxy) is 1. The molecule has 38 heavy (non-hydrogen) atoms. The molecular weight excluding hydrogens is 509 g/mol. The minimum Gasteiger partial charge on any atom is -0.497 e. The first-order valence-corrected chi connectivity index (χ1v) is 10.7. The molecule has 0 aliphatic carbocycles. The summed E-state index contributed by atoms with van der Waals surface area (Å²) in [5, 5.41) is 31.4. The van der Waals surface area contributed by atoms with E-state index in [0.717, 1.165) is 0 Å². The number of alkyl halides is 3. The number of nitrogens with one attached hydrogen (secondary N) is 1. The van der Waals surface area contributed by atoms with E-state index in [-0.39, 0.29) is 12.1 Å². The summed E-state index contributed by atoms with van der Waals surface area (Å²) < 4.78 is 46.2. The predicted octanol–water partition coefficient (Wildman–Crippen LogP) is 5.83. The second kappa shape index (κ2) is 10.4. The van der Waals surface area contributed by atoms with Gasteiger partial charge in [0.05, 0.1) is 34.4 Å². The number of hydrogen-bond acceptors (Lipinski definition) is 8. The van der Waals surface area contributed by atoms with E-state index in [1.165, 1.54) is 13.3 Å². The zero-order valence-corrected chi connectivity index (χ0v) is 19.4. The average molecular weight is 526 g/mol. The van der Waals surface area contributed by atoms with Crippen LogP contribution in [0, 0.1) is 20.2 Å². The van der Waals surface area contributed by atoms with Crippen LogP contribution < -0.4 is 10.2 Å². The first-order chi connectivity index (χ1) is 18.1. The van der Waals surface area contributed by atoms with E-state index >= 15 is 0 Å². The number of nitro benzene ring substituents is 2. The topological polar surface area (TPSA) is 138 Å². The molecule has 0 aliphatic heterocycles. The van der Waals surface area contributed by atoms with E-state index in [4.69, 9.17) is 4.74 Å². The van der Waals surface area contributed by atoms with Gasteiger partial charge in [0, 0.05) is 29.5 Å². The van der Waals surface area contributed by atoms with Gasteiger partial charge in [0.15, 0.2) is 0 Å². The molecular formula is C24H17F3N6O5. The summed E-state index contributed by atoms with van der Waals surface area (Å²) in [4.78, 5) is 20.6. The monoisotopic (exact) mass is 526 g/mol. The Morgan fingerprint density at radius 1 is 1.00 bits per heavy atom. The van der Waals surface area contributed by atoms with Gasteiger partial charge in [-0.15, -0.1) is 0 Å². The predicted molar refractivity (Wildman–Crippen MR) is 132 cm³/mol. The smallest absolute Gasteiger partial charge is 0.416 e. The Balaban J connectivity index is 1.77. The fourth-order valence-corrected chi connectivity index (χ4v) is 3.51. The minimum atomic E-state index is -5.03. The highest BCUT2D eigenvalue weighted by atomic mass is 19.4. The van der Waals surface area contributed by atoms with Gasteiger partial charge in [-0.05, 0) is 36.4 Å². The zero-order chi connectivity index (χ0) is 27.4. The third kappa shape index (κ3) is 5.43. The lowest BCUT2D eigenvalue weighted by atomic mass is 10.1. The van der Waals surface area contributed by atoms with Crippen molar-refractivity contribution >= 4 is 23.3 Å². The molecule has 0 unspecified atom stereocenters. The molecule has 0 saturated carbocycles. The van der Waals surface area contributed by atoms with Crippen LogP contribution in [0.15, 0.2) is 78.0 Å². The summed E-state index contributed by atoms with van der Waals surface area (Å²) >= 11 is 0. The quantitative estimate of drug-likeness (QED) is 0.173. The lowest BCUT2D eigenvalue weighted by Gasteiger charge is -2.09. The molecule has 1 aromatic heterocycles. The van der Waals surface area contributed by atoms with Crippen molar-refractivity contribution in [2.24, 2.45) is 5.10 Å². The van der Waals surface area contributed by atoms with Crippen LogP contribution in [0.1, 0.15) is 11.1 Å². The Bertz CT molecular complexity index is 1480. The molecule has 1 N–H and O–H groups in total. The number of aromatic nitrogens is 2. The van der Waals surface area contributed by atoms with Gasteiger partial charge in [0.25, 0.3) is 0 Å². The SMILES string of the molecule is COc1ccc(-c2nn(-c3ccccc3)cc2/C=N/Nc2c([N+](=O)[O-])cc(C(F)(F)F)cc2[N+](=O)[O-])cc1. The second-order valence-corrected chi connectivity index (χ2v) is 7.71. The molecule has 0 saturated heterocycles. The molecule has 194 valence electrons. The molecule has 4 aromatic rings. The third-order valence-electron chi connectivity index (χ3n) is 5.32. The van der Waals surface area contributed by atoms with E-state index in [0.29, 0.717) is 28.3 Å². The highest BCUT2D eigenvalue weighted by molar-refractivity contribution is 5.89. The number of nitro groups is 2. The van der Waals surface area contributed by atoms with E-state index in [1.54, 1.807) is 47.3 Å². The van der Waals surface area contributed by atoms with Crippen molar-refractivity contribution in [3.63, 3.8) is 0 Å². The fraction of sp³-hybridized carbons (Fsp3) is 0.0833. The van der Waals surface area contributed by atoms with Crippen LogP contribution in [-0.2, 0) is 6.18 Å². The molecule has 11 nitrogen and oxygen atoms in total. The van der Waals surface area contributed by atoms with Crippen LogP contribution in [0.5, 0.6) is 5.75 Å². The fourth-order valence-electron chi connectivity index (χ4n) is 3.51. The number of hydrazone groups is 1. The Hall–Kier alpha value is -5.27. The van der Waals surface area contributed by atoms with Crippen LogP contribution in [0.3, 0.4) is 0 Å². The zero-order valence-electron chi connectivity index (χ0n) is 19.4. The van der Waals surface area contributed by atoms with Crippen LogP contribution in [0.25, 0.3) is 16.9 Å². The Morgan fingerprint density at radius 2 is 1.61 bits per heavy atom. The number of methoxy groups -OCH3 is 1. The Morgan fingerprint density at radius 3 is 2.13 bits per heavy atom. The highest BCUT2D eigenvalue weighted by Crippen LogP contribution is 2.41. The number of anilines is 1. The molecule has 4 rings (SSSR count). The van der Waals surface area contributed by atoms with Crippen molar-refractivity contribution in [1.29, 1.82) is 0 Å². The summed E-state index contributed by atoms with van der Waals surface area (Å²) in [5.41, 5.74) is -0.238. The van der Waals surface area contributed by atoms with Gasteiger partial charge in [-0.3, -0.25) is 25.7 Å². The van der Waals surface area contributed by atoms with Crippen molar-refractivity contribution in [3.05, 3.63) is 104 Å². The summed E-state index contributed by atoms with van der Waals surface area (Å²) in [6.07, 6.45) is -2.22. The van der Waals surface area contributed by atoms with Crippen molar-refractivity contribution in [3.8, 4) is 22.7 Å². The molecule has 0 radical (unpaired) electrons. The van der Waals surface area contributed by atoms with Crippen molar-refractivity contribution in [2.45, 2.75) is 6.18 Å². The molecule has 0 spiro atoms. The summed E-state index contributed by atoms with van der Waals surface area (Å²) in [7, 11) is 1.52. The molecule has 14 heteroatoms. The summed E-state index contributed by atoms with van der Waals surface area (Å²) in [6, 6.07) is 16.4. The Kier molecular flexibility index (Phi) is 7.05. The van der Waals surface area contributed by atoms with Gasteiger partial charge in [0.1, 0.15) is 11.4 Å². The molecule has 3 aromatic carbocycles. The van der Waals surface area contributed by atoms with Crippen molar-refractivity contribution < 1.29 is 27.8 Å². The number of nitrogens with zero attached hydrogens (tertiary/aromatic N) is 5. The highest BCUT2D eigenvalue weighted by Gasteiger charge is 2.37. The minimum absolute atomic E-state index is 0.209. The molecule has 0 aliphatic rings. The van der Waals surface area contributed by atoms with Gasteiger partial charge < -0.3 is 4.74 Å². The van der Waals surface area contributed by atoms with Gasteiger partial charge in [-0.25, -0.2) is 4.68 Å². The van der Waals surface area contributed by atoms with Gasteiger partial charge in [-0.1, -0.05) is 18.2 Å². The molecule has 0 amide bonds. The number of rotatable bonds is 8. The van der Waals surface area contributed by atoms with Crippen molar-refractivity contribution in [2.75, 3.05) is 12.5 Å². The van der Waals surface area contributed by atoms with E-state index < -0.39 is 38.6 Å². The number of benzene rings is 3. The lowest BCUT2D eigenvalue weighted by molar-refractivity contribution is -0.392. The van der Waals surface area contributed by atoms with Gasteiger partial charge in [0.2, 0.25) is 5.69 Å².